The second kappa shape index (κ2) is 11.2. The number of rotatable bonds is 7. The third-order valence-corrected chi connectivity index (χ3v) is 6.29. The van der Waals surface area contributed by atoms with E-state index in [9.17, 15) is 14.0 Å². The van der Waals surface area contributed by atoms with E-state index in [1.165, 1.54) is 36.7 Å². The molecule has 7 nitrogen and oxygen atoms in total. The van der Waals surface area contributed by atoms with Crippen molar-refractivity contribution in [3.8, 4) is 5.75 Å². The van der Waals surface area contributed by atoms with Gasteiger partial charge in [0.2, 0.25) is 0 Å². The molecule has 9 heteroatoms. The number of anilines is 1. The molecule has 1 aliphatic rings. The molecule has 0 radical (unpaired) electrons. The summed E-state index contributed by atoms with van der Waals surface area (Å²) in [7, 11) is 2.49. The van der Waals surface area contributed by atoms with E-state index >= 15 is 0 Å². The molecule has 1 heterocycles. The van der Waals surface area contributed by atoms with Crippen LogP contribution in [0.15, 0.2) is 41.3 Å². The summed E-state index contributed by atoms with van der Waals surface area (Å²) in [5.41, 5.74) is 1.72. The molecule has 0 saturated carbocycles. The van der Waals surface area contributed by atoms with Crippen molar-refractivity contribution in [3.05, 3.63) is 58.9 Å². The SMILES string of the molecule is COC(=O)c1c(N(Sc2ccc(F)cc2/C=C\CCO)C(=O)OC)ccc2c1OCCC2C. The smallest absolute Gasteiger partial charge is 0.424 e. The van der Waals surface area contributed by atoms with Crippen molar-refractivity contribution in [1.29, 1.82) is 0 Å². The fraction of sp³-hybridized carbons (Fsp3) is 0.333. The molecule has 2 aromatic rings. The fourth-order valence-electron chi connectivity index (χ4n) is 3.48. The van der Waals surface area contributed by atoms with Gasteiger partial charge < -0.3 is 19.3 Å². The topological polar surface area (TPSA) is 85.3 Å². The van der Waals surface area contributed by atoms with E-state index in [4.69, 9.17) is 19.3 Å². The van der Waals surface area contributed by atoms with Gasteiger partial charge in [0.05, 0.1) is 26.5 Å². The molecule has 0 aromatic heterocycles. The van der Waals surface area contributed by atoms with E-state index in [2.05, 4.69) is 0 Å². The third-order valence-electron chi connectivity index (χ3n) is 5.20. The molecule has 3 rings (SSSR count). The Morgan fingerprint density at radius 2 is 2.06 bits per heavy atom. The zero-order valence-electron chi connectivity index (χ0n) is 18.7. The minimum absolute atomic E-state index is 0.0430. The Morgan fingerprint density at radius 1 is 1.27 bits per heavy atom. The number of ether oxygens (including phenoxy) is 3. The average molecular weight is 476 g/mol. The van der Waals surface area contributed by atoms with Gasteiger partial charge in [0.25, 0.3) is 0 Å². The van der Waals surface area contributed by atoms with Crippen LogP contribution in [0.3, 0.4) is 0 Å². The molecular formula is C24H26FNO6S. The Morgan fingerprint density at radius 3 is 2.76 bits per heavy atom. The van der Waals surface area contributed by atoms with Crippen LogP contribution in [-0.4, -0.2) is 44.6 Å². The average Bonchev–Trinajstić information content (AvgIpc) is 2.82. The number of carbonyl (C=O) groups excluding carboxylic acids is 2. The first kappa shape index (κ1) is 24.6. The van der Waals surface area contributed by atoms with Crippen molar-refractivity contribution in [2.75, 3.05) is 31.7 Å². The zero-order chi connectivity index (χ0) is 24.0. The van der Waals surface area contributed by atoms with E-state index in [-0.39, 0.29) is 23.8 Å². The predicted octanol–water partition coefficient (Wildman–Crippen LogP) is 5.17. The summed E-state index contributed by atoms with van der Waals surface area (Å²) in [5.74, 6) is -0.535. The number of carbonyl (C=O) groups is 2. The number of halogens is 1. The number of methoxy groups -OCH3 is 2. The van der Waals surface area contributed by atoms with Crippen LogP contribution in [0.4, 0.5) is 14.9 Å². The molecule has 1 aliphatic heterocycles. The minimum atomic E-state index is -0.733. The van der Waals surface area contributed by atoms with Gasteiger partial charge in [0.1, 0.15) is 17.1 Å². The molecule has 1 amide bonds. The first-order valence-electron chi connectivity index (χ1n) is 10.4. The lowest BCUT2D eigenvalue weighted by Gasteiger charge is -2.29. The molecule has 1 atom stereocenters. The van der Waals surface area contributed by atoms with Crippen molar-refractivity contribution in [2.24, 2.45) is 0 Å². The lowest BCUT2D eigenvalue weighted by molar-refractivity contribution is 0.0595. The zero-order valence-corrected chi connectivity index (χ0v) is 19.5. The summed E-state index contributed by atoms with van der Waals surface area (Å²) in [6, 6.07) is 7.61. The molecule has 0 fully saturated rings. The highest BCUT2D eigenvalue weighted by Crippen LogP contribution is 2.44. The number of esters is 1. The number of nitrogens with zero attached hydrogens (tertiary/aromatic N) is 1. The molecule has 0 aliphatic carbocycles. The van der Waals surface area contributed by atoms with E-state index in [1.807, 2.05) is 13.0 Å². The van der Waals surface area contributed by atoms with Crippen molar-refractivity contribution >= 4 is 35.8 Å². The number of benzene rings is 2. The molecule has 0 bridgehead atoms. The quantitative estimate of drug-likeness (QED) is 0.437. The highest BCUT2D eigenvalue weighted by molar-refractivity contribution is 8.01. The highest BCUT2D eigenvalue weighted by atomic mass is 32.2. The number of amides is 1. The maximum absolute atomic E-state index is 13.9. The predicted molar refractivity (Wildman–Crippen MR) is 124 cm³/mol. The first-order valence-corrected chi connectivity index (χ1v) is 11.2. The van der Waals surface area contributed by atoms with Crippen LogP contribution in [0.25, 0.3) is 6.08 Å². The van der Waals surface area contributed by atoms with Crippen LogP contribution in [-0.2, 0) is 9.47 Å². The molecule has 33 heavy (non-hydrogen) atoms. The molecule has 1 unspecified atom stereocenters. The Bertz CT molecular complexity index is 1060. The van der Waals surface area contributed by atoms with E-state index in [1.54, 1.807) is 18.2 Å². The maximum atomic E-state index is 13.9. The van der Waals surface area contributed by atoms with Crippen LogP contribution >= 0.6 is 11.9 Å². The maximum Gasteiger partial charge on any atom is 0.424 e. The van der Waals surface area contributed by atoms with E-state index in [0.717, 1.165) is 23.9 Å². The van der Waals surface area contributed by atoms with Crippen LogP contribution < -0.4 is 9.04 Å². The van der Waals surface area contributed by atoms with Crippen molar-refractivity contribution in [1.82, 2.24) is 0 Å². The van der Waals surface area contributed by atoms with Crippen molar-refractivity contribution in [3.63, 3.8) is 0 Å². The summed E-state index contributed by atoms with van der Waals surface area (Å²) < 4.78 is 30.9. The van der Waals surface area contributed by atoms with Gasteiger partial charge in [0.15, 0.2) is 0 Å². The number of aliphatic hydroxyl groups excluding tert-OH is 1. The second-order valence-corrected chi connectivity index (χ2v) is 8.35. The molecule has 2 aromatic carbocycles. The van der Waals surface area contributed by atoms with Gasteiger partial charge in [-0.15, -0.1) is 0 Å². The van der Waals surface area contributed by atoms with E-state index < -0.39 is 17.9 Å². The van der Waals surface area contributed by atoms with Gasteiger partial charge >= 0.3 is 12.1 Å². The lowest BCUT2D eigenvalue weighted by atomic mass is 9.92. The summed E-state index contributed by atoms with van der Waals surface area (Å²) in [6.07, 6.45) is 3.84. The molecule has 0 spiro atoms. The van der Waals surface area contributed by atoms with E-state index in [0.29, 0.717) is 29.2 Å². The number of fused-ring (bicyclic) bond motifs is 1. The van der Waals surface area contributed by atoms with Crippen LogP contribution in [0.2, 0.25) is 0 Å². The number of hydrogen-bond donors (Lipinski definition) is 1. The van der Waals surface area contributed by atoms with Crippen molar-refractivity contribution < 1.29 is 33.3 Å². The Kier molecular flexibility index (Phi) is 8.35. The van der Waals surface area contributed by atoms with Crippen LogP contribution in [0.1, 0.15) is 47.2 Å². The number of hydrogen-bond acceptors (Lipinski definition) is 7. The molecule has 176 valence electrons. The Hall–Kier alpha value is -3.04. The monoisotopic (exact) mass is 475 g/mol. The van der Waals surface area contributed by atoms with Gasteiger partial charge in [-0.3, -0.25) is 0 Å². The molecular weight excluding hydrogens is 449 g/mol. The first-order chi connectivity index (χ1) is 15.9. The van der Waals surface area contributed by atoms with Gasteiger partial charge in [0, 0.05) is 11.5 Å². The Balaban J connectivity index is 2.12. The number of aliphatic hydroxyl groups is 1. The van der Waals surface area contributed by atoms with Gasteiger partial charge in [-0.2, -0.15) is 0 Å². The Labute approximate surface area is 196 Å². The highest BCUT2D eigenvalue weighted by Gasteiger charge is 2.32. The van der Waals surface area contributed by atoms with Crippen LogP contribution in [0.5, 0.6) is 5.75 Å². The van der Waals surface area contributed by atoms with Gasteiger partial charge in [-0.1, -0.05) is 25.1 Å². The fourth-order valence-corrected chi connectivity index (χ4v) is 4.43. The largest absolute Gasteiger partial charge is 0.492 e. The lowest BCUT2D eigenvalue weighted by Crippen LogP contribution is -2.27. The van der Waals surface area contributed by atoms with Gasteiger partial charge in [-0.25, -0.2) is 18.3 Å². The summed E-state index contributed by atoms with van der Waals surface area (Å²) in [5, 5.41) is 9.03. The third kappa shape index (κ3) is 5.48. The summed E-state index contributed by atoms with van der Waals surface area (Å²) in [4.78, 5) is 26.1. The van der Waals surface area contributed by atoms with Crippen LogP contribution in [0, 0.1) is 5.82 Å². The molecule has 0 saturated heterocycles. The minimum Gasteiger partial charge on any atom is -0.492 e. The standard InChI is InChI=1S/C24H26FNO6S/c1-15-11-13-32-22-18(15)8-9-19(21(22)23(28)30-2)26(24(29)31-3)33-20-10-7-17(25)14-16(20)6-4-5-12-27/h4,6-10,14-15,27H,5,11-13H2,1-3H3/b6-4-. The van der Waals surface area contributed by atoms with Crippen molar-refractivity contribution in [2.45, 2.75) is 30.6 Å². The summed E-state index contributed by atoms with van der Waals surface area (Å²) >= 11 is 0.976. The molecule has 1 N–H and O–H groups in total. The summed E-state index contributed by atoms with van der Waals surface area (Å²) in [6.45, 7) is 2.43. The van der Waals surface area contributed by atoms with Gasteiger partial charge in [-0.05, 0) is 66.1 Å². The normalized spacial score (nSPS) is 15.0. The second-order valence-electron chi connectivity index (χ2n) is 7.36.